The molecule has 0 saturated heterocycles. The summed E-state index contributed by atoms with van der Waals surface area (Å²) in [7, 11) is 0. The minimum atomic E-state index is -0.922. The zero-order valence-electron chi connectivity index (χ0n) is 7.69. The second-order valence-corrected chi connectivity index (χ2v) is 2.82. The molecule has 0 aliphatic heterocycles. The summed E-state index contributed by atoms with van der Waals surface area (Å²) in [6.45, 7) is 1.08. The number of rotatable bonds is 3. The molecule has 1 aromatic rings. The molecule has 0 aliphatic rings. The predicted octanol–water partition coefficient (Wildman–Crippen LogP) is 1.75. The maximum absolute atomic E-state index is 12.8. The third-order valence-electron chi connectivity index (χ3n) is 1.79. The Balaban J connectivity index is 3.61. The highest BCUT2D eigenvalue weighted by atomic mass is 19.1. The van der Waals surface area contributed by atoms with E-state index < -0.39 is 22.2 Å². The molecule has 0 atom stereocenters. The van der Waals surface area contributed by atoms with Crippen LogP contribution in [0.1, 0.15) is 27.6 Å². The number of nitrogens with zero attached hydrogens (tertiary/aromatic N) is 1. The fourth-order valence-electron chi connectivity index (χ4n) is 1.23. The number of hydrogen-bond acceptors (Lipinski definition) is 4. The fraction of sp³-hybridized carbons (Fsp3) is 0.111. The van der Waals surface area contributed by atoms with Gasteiger partial charge in [0, 0.05) is 5.56 Å². The second-order valence-electron chi connectivity index (χ2n) is 2.82. The van der Waals surface area contributed by atoms with Gasteiger partial charge in [0.05, 0.1) is 11.0 Å². The zero-order valence-corrected chi connectivity index (χ0v) is 7.69. The van der Waals surface area contributed by atoms with Crippen LogP contribution in [-0.2, 0) is 0 Å². The van der Waals surface area contributed by atoms with Gasteiger partial charge in [-0.25, -0.2) is 4.39 Å². The Kier molecular flexibility index (Phi) is 2.89. The van der Waals surface area contributed by atoms with E-state index in [1.165, 1.54) is 0 Å². The molecular weight excluding hydrogens is 205 g/mol. The zero-order chi connectivity index (χ0) is 11.6. The minimum absolute atomic E-state index is 0.215. The SMILES string of the molecule is CC(=O)c1c(C=O)cc(F)cc1[N+](=O)[O-]. The molecule has 0 saturated carbocycles. The molecule has 15 heavy (non-hydrogen) atoms. The van der Waals surface area contributed by atoms with Gasteiger partial charge in [0.2, 0.25) is 0 Å². The number of ketones is 1. The average molecular weight is 211 g/mol. The standard InChI is InChI=1S/C9H6FNO4/c1-5(13)9-6(4-12)2-7(10)3-8(9)11(14)15/h2-4H,1H3. The molecule has 5 nitrogen and oxygen atoms in total. The number of benzene rings is 1. The summed E-state index contributed by atoms with van der Waals surface area (Å²) < 4.78 is 12.8. The third kappa shape index (κ3) is 2.04. The first-order valence-electron chi connectivity index (χ1n) is 3.91. The van der Waals surface area contributed by atoms with Gasteiger partial charge in [0.25, 0.3) is 5.69 Å². The highest BCUT2D eigenvalue weighted by Gasteiger charge is 2.22. The van der Waals surface area contributed by atoms with Crippen LogP contribution in [0.25, 0.3) is 0 Å². The van der Waals surface area contributed by atoms with Gasteiger partial charge < -0.3 is 0 Å². The number of carbonyl (C=O) groups is 2. The molecule has 0 fully saturated rings. The van der Waals surface area contributed by atoms with Crippen LogP contribution in [0, 0.1) is 15.9 Å². The molecule has 0 heterocycles. The number of nitro groups is 1. The molecule has 0 spiro atoms. The Morgan fingerprint density at radius 1 is 1.53 bits per heavy atom. The molecule has 0 radical (unpaired) electrons. The van der Waals surface area contributed by atoms with Crippen LogP contribution in [0.3, 0.4) is 0 Å². The number of Topliss-reactive ketones (excluding diaryl/α,β-unsaturated/α-hetero) is 1. The maximum Gasteiger partial charge on any atom is 0.283 e. The van der Waals surface area contributed by atoms with Crippen molar-refractivity contribution in [3.8, 4) is 0 Å². The van der Waals surface area contributed by atoms with Crippen LogP contribution < -0.4 is 0 Å². The van der Waals surface area contributed by atoms with Gasteiger partial charge in [-0.15, -0.1) is 0 Å². The van der Waals surface area contributed by atoms with E-state index in [9.17, 15) is 24.1 Å². The van der Waals surface area contributed by atoms with Crippen LogP contribution in [-0.4, -0.2) is 17.0 Å². The third-order valence-corrected chi connectivity index (χ3v) is 1.79. The van der Waals surface area contributed by atoms with Crippen molar-refractivity contribution in [2.24, 2.45) is 0 Å². The van der Waals surface area contributed by atoms with Gasteiger partial charge in [-0.2, -0.15) is 0 Å². The summed E-state index contributed by atoms with van der Waals surface area (Å²) in [6.07, 6.45) is 0.215. The lowest BCUT2D eigenvalue weighted by Gasteiger charge is -2.02. The van der Waals surface area contributed by atoms with Crippen molar-refractivity contribution in [1.29, 1.82) is 0 Å². The van der Waals surface area contributed by atoms with Crippen molar-refractivity contribution in [3.05, 3.63) is 39.2 Å². The molecular formula is C9H6FNO4. The van der Waals surface area contributed by atoms with Crippen LogP contribution in [0.4, 0.5) is 10.1 Å². The Labute approximate surface area is 83.7 Å². The molecule has 0 amide bonds. The quantitative estimate of drug-likeness (QED) is 0.330. The Hall–Kier alpha value is -2.11. The van der Waals surface area contributed by atoms with E-state index in [0.717, 1.165) is 13.0 Å². The Morgan fingerprint density at radius 3 is 2.53 bits per heavy atom. The molecule has 78 valence electrons. The average Bonchev–Trinajstić information content (AvgIpc) is 2.15. The van der Waals surface area contributed by atoms with E-state index in [2.05, 4.69) is 0 Å². The lowest BCUT2D eigenvalue weighted by molar-refractivity contribution is -0.385. The summed E-state index contributed by atoms with van der Waals surface area (Å²) >= 11 is 0. The van der Waals surface area contributed by atoms with E-state index in [1.807, 2.05) is 0 Å². The van der Waals surface area contributed by atoms with Crippen LogP contribution in [0.5, 0.6) is 0 Å². The molecule has 0 bridgehead atoms. The summed E-state index contributed by atoms with van der Waals surface area (Å²) in [5, 5.41) is 10.5. The molecule has 0 aliphatic carbocycles. The summed E-state index contributed by atoms with van der Waals surface area (Å²) in [5.41, 5.74) is -1.37. The first-order chi connectivity index (χ1) is 6.97. The molecule has 1 rings (SSSR count). The van der Waals surface area contributed by atoms with Gasteiger partial charge in [-0.3, -0.25) is 19.7 Å². The summed E-state index contributed by atoms with van der Waals surface area (Å²) in [6, 6.07) is 1.40. The van der Waals surface area contributed by atoms with E-state index in [4.69, 9.17) is 0 Å². The van der Waals surface area contributed by atoms with E-state index in [-0.39, 0.29) is 17.4 Å². The normalized spacial score (nSPS) is 9.73. The van der Waals surface area contributed by atoms with Crippen molar-refractivity contribution in [2.75, 3.05) is 0 Å². The number of nitro benzene ring substituents is 1. The largest absolute Gasteiger partial charge is 0.298 e. The molecule has 1 aromatic carbocycles. The monoisotopic (exact) mass is 211 g/mol. The first kappa shape index (κ1) is 11.0. The van der Waals surface area contributed by atoms with Crippen LogP contribution in [0.2, 0.25) is 0 Å². The number of aldehydes is 1. The summed E-state index contributed by atoms with van der Waals surface area (Å²) in [5.74, 6) is -1.57. The van der Waals surface area contributed by atoms with Crippen LogP contribution >= 0.6 is 0 Å². The summed E-state index contributed by atoms with van der Waals surface area (Å²) in [4.78, 5) is 31.2. The van der Waals surface area contributed by atoms with Crippen molar-refractivity contribution in [2.45, 2.75) is 6.92 Å². The number of hydrogen-bond donors (Lipinski definition) is 0. The van der Waals surface area contributed by atoms with Gasteiger partial charge in [-0.05, 0) is 13.0 Å². The molecule has 0 N–H and O–H groups in total. The molecule has 0 aromatic heterocycles. The van der Waals surface area contributed by atoms with E-state index in [1.54, 1.807) is 0 Å². The van der Waals surface area contributed by atoms with Crippen LogP contribution in [0.15, 0.2) is 12.1 Å². The molecule has 6 heteroatoms. The number of carbonyl (C=O) groups excluding carboxylic acids is 2. The Morgan fingerprint density at radius 2 is 2.13 bits per heavy atom. The lowest BCUT2D eigenvalue weighted by atomic mass is 10.0. The van der Waals surface area contributed by atoms with Crippen molar-refractivity contribution >= 4 is 17.8 Å². The lowest BCUT2D eigenvalue weighted by Crippen LogP contribution is -2.05. The smallest absolute Gasteiger partial charge is 0.283 e. The predicted molar refractivity (Wildman–Crippen MR) is 48.4 cm³/mol. The molecule has 0 unspecified atom stereocenters. The topological polar surface area (TPSA) is 77.3 Å². The highest BCUT2D eigenvalue weighted by Crippen LogP contribution is 2.23. The van der Waals surface area contributed by atoms with Gasteiger partial charge >= 0.3 is 0 Å². The van der Waals surface area contributed by atoms with Crippen molar-refractivity contribution in [1.82, 2.24) is 0 Å². The highest BCUT2D eigenvalue weighted by molar-refractivity contribution is 6.04. The fourth-order valence-corrected chi connectivity index (χ4v) is 1.23. The van der Waals surface area contributed by atoms with Gasteiger partial charge in [-0.1, -0.05) is 0 Å². The van der Waals surface area contributed by atoms with Crippen molar-refractivity contribution in [3.63, 3.8) is 0 Å². The maximum atomic E-state index is 12.8. The second kappa shape index (κ2) is 3.95. The first-order valence-corrected chi connectivity index (χ1v) is 3.91. The van der Waals surface area contributed by atoms with E-state index in [0.29, 0.717) is 6.07 Å². The Bertz CT molecular complexity index is 456. The van der Waals surface area contributed by atoms with E-state index >= 15 is 0 Å². The number of halogens is 1. The van der Waals surface area contributed by atoms with Gasteiger partial charge in [0.1, 0.15) is 11.4 Å². The van der Waals surface area contributed by atoms with Gasteiger partial charge in [0.15, 0.2) is 12.1 Å². The van der Waals surface area contributed by atoms with Crippen molar-refractivity contribution < 1.29 is 18.9 Å². The minimum Gasteiger partial charge on any atom is -0.298 e.